The van der Waals surface area contributed by atoms with Crippen molar-refractivity contribution in [2.45, 2.75) is 18.3 Å². The SMILES string of the molecule is CC1(C#N)C(F)=CNC(Cl)C1c1ccc(Oc2ccccc2)cc1. The molecule has 1 aliphatic rings. The minimum absolute atomic E-state index is 0.514. The van der Waals surface area contributed by atoms with Gasteiger partial charge in [-0.25, -0.2) is 4.39 Å². The summed E-state index contributed by atoms with van der Waals surface area (Å²) in [5.41, 5.74) is -1.11. The molecule has 2 aromatic carbocycles. The molecule has 1 aliphatic heterocycles. The van der Waals surface area contributed by atoms with Crippen LogP contribution in [-0.2, 0) is 0 Å². The molecule has 0 fully saturated rings. The molecule has 5 heteroatoms. The number of nitriles is 1. The maximum atomic E-state index is 14.2. The number of hydrogen-bond acceptors (Lipinski definition) is 3. The van der Waals surface area contributed by atoms with Crippen LogP contribution in [0.2, 0.25) is 0 Å². The van der Waals surface area contributed by atoms with Crippen molar-refractivity contribution in [1.29, 1.82) is 5.26 Å². The number of nitrogens with zero attached hydrogens (tertiary/aromatic N) is 1. The molecule has 0 aliphatic carbocycles. The van der Waals surface area contributed by atoms with Gasteiger partial charge in [0.25, 0.3) is 0 Å². The highest BCUT2D eigenvalue weighted by Gasteiger charge is 2.46. The zero-order chi connectivity index (χ0) is 17.2. The van der Waals surface area contributed by atoms with Crippen molar-refractivity contribution in [2.75, 3.05) is 0 Å². The molecule has 2 aromatic rings. The monoisotopic (exact) mass is 342 g/mol. The van der Waals surface area contributed by atoms with E-state index in [1.807, 2.05) is 42.5 Å². The lowest BCUT2D eigenvalue weighted by molar-refractivity contribution is 0.291. The summed E-state index contributed by atoms with van der Waals surface area (Å²) in [7, 11) is 0. The maximum absolute atomic E-state index is 14.2. The van der Waals surface area contributed by atoms with Crippen molar-refractivity contribution in [3.8, 4) is 17.6 Å². The fourth-order valence-corrected chi connectivity index (χ4v) is 3.29. The third-order valence-electron chi connectivity index (χ3n) is 4.23. The van der Waals surface area contributed by atoms with E-state index in [-0.39, 0.29) is 0 Å². The fourth-order valence-electron chi connectivity index (χ4n) is 2.83. The zero-order valence-electron chi connectivity index (χ0n) is 13.0. The smallest absolute Gasteiger partial charge is 0.136 e. The molecule has 3 unspecified atom stereocenters. The van der Waals surface area contributed by atoms with Gasteiger partial charge in [0, 0.05) is 12.1 Å². The molecule has 122 valence electrons. The Hall–Kier alpha value is -2.51. The summed E-state index contributed by atoms with van der Waals surface area (Å²) >= 11 is 6.31. The molecular formula is C19H16ClFN2O. The van der Waals surface area contributed by atoms with Crippen LogP contribution in [0.25, 0.3) is 0 Å². The minimum Gasteiger partial charge on any atom is -0.457 e. The first-order valence-corrected chi connectivity index (χ1v) is 7.98. The summed E-state index contributed by atoms with van der Waals surface area (Å²) in [4.78, 5) is 0. The Bertz CT molecular complexity index is 785. The van der Waals surface area contributed by atoms with E-state index in [0.717, 1.165) is 11.3 Å². The van der Waals surface area contributed by atoms with Crippen LogP contribution in [0.4, 0.5) is 4.39 Å². The van der Waals surface area contributed by atoms with Gasteiger partial charge in [-0.3, -0.25) is 0 Å². The first kappa shape index (κ1) is 16.4. The summed E-state index contributed by atoms with van der Waals surface area (Å²) < 4.78 is 19.9. The van der Waals surface area contributed by atoms with Crippen LogP contribution in [0.3, 0.4) is 0 Å². The van der Waals surface area contributed by atoms with Gasteiger partial charge in [-0.15, -0.1) is 0 Å². The third-order valence-corrected chi connectivity index (χ3v) is 4.61. The number of para-hydroxylation sites is 1. The van der Waals surface area contributed by atoms with Gasteiger partial charge in [0.2, 0.25) is 0 Å². The number of nitrogens with one attached hydrogen (secondary N) is 1. The highest BCUT2D eigenvalue weighted by molar-refractivity contribution is 6.21. The van der Waals surface area contributed by atoms with Crippen LogP contribution in [0.1, 0.15) is 18.4 Å². The number of alkyl halides is 1. The highest BCUT2D eigenvalue weighted by atomic mass is 35.5. The van der Waals surface area contributed by atoms with Gasteiger partial charge in [-0.05, 0) is 36.8 Å². The van der Waals surface area contributed by atoms with Crippen LogP contribution >= 0.6 is 11.6 Å². The van der Waals surface area contributed by atoms with Crippen molar-refractivity contribution in [2.24, 2.45) is 5.41 Å². The van der Waals surface area contributed by atoms with Crippen LogP contribution in [0.5, 0.6) is 11.5 Å². The second kappa shape index (κ2) is 6.54. The van der Waals surface area contributed by atoms with Crippen LogP contribution in [-0.4, -0.2) is 5.50 Å². The number of allylic oxidation sites excluding steroid dienone is 1. The first-order valence-electron chi connectivity index (χ1n) is 7.55. The fraction of sp³-hybridized carbons (Fsp3) is 0.211. The highest BCUT2D eigenvalue weighted by Crippen LogP contribution is 2.47. The molecule has 0 aromatic heterocycles. The lowest BCUT2D eigenvalue weighted by Crippen LogP contribution is -2.42. The standard InChI is InChI=1S/C19H16ClFN2O/c1-19(12-22)16(21)11-23-18(20)17(19)13-7-9-15(10-8-13)24-14-5-3-2-4-6-14/h2-11,17-18,23H,1H3. The maximum Gasteiger partial charge on any atom is 0.136 e. The molecule has 3 rings (SSSR count). The van der Waals surface area contributed by atoms with Crippen LogP contribution in [0, 0.1) is 16.7 Å². The largest absolute Gasteiger partial charge is 0.457 e. The summed E-state index contributed by atoms with van der Waals surface area (Å²) in [5, 5.41) is 12.2. The molecule has 0 bridgehead atoms. The van der Waals surface area contributed by atoms with Gasteiger partial charge in [0.05, 0.1) is 6.07 Å². The summed E-state index contributed by atoms with van der Waals surface area (Å²) in [5.74, 6) is 0.363. The van der Waals surface area contributed by atoms with Gasteiger partial charge >= 0.3 is 0 Å². The van der Waals surface area contributed by atoms with E-state index in [9.17, 15) is 9.65 Å². The van der Waals surface area contributed by atoms with Gasteiger partial charge in [0.15, 0.2) is 0 Å². The predicted octanol–water partition coefficient (Wildman–Crippen LogP) is 5.07. The Morgan fingerprint density at radius 3 is 2.38 bits per heavy atom. The molecular weight excluding hydrogens is 327 g/mol. The molecule has 3 nitrogen and oxygen atoms in total. The van der Waals surface area contributed by atoms with Crippen molar-refractivity contribution < 1.29 is 9.13 Å². The van der Waals surface area contributed by atoms with E-state index in [1.165, 1.54) is 6.20 Å². The van der Waals surface area contributed by atoms with E-state index in [4.69, 9.17) is 16.3 Å². The second-order valence-electron chi connectivity index (χ2n) is 5.84. The Labute approximate surface area is 145 Å². The van der Waals surface area contributed by atoms with Crippen molar-refractivity contribution >= 4 is 11.6 Å². The van der Waals surface area contributed by atoms with E-state index >= 15 is 0 Å². The third kappa shape index (κ3) is 2.95. The quantitative estimate of drug-likeness (QED) is 0.625. The Morgan fingerprint density at radius 2 is 1.75 bits per heavy atom. The summed E-state index contributed by atoms with van der Waals surface area (Å²) in [6, 6.07) is 18.7. The molecule has 24 heavy (non-hydrogen) atoms. The van der Waals surface area contributed by atoms with Crippen LogP contribution in [0.15, 0.2) is 66.6 Å². The van der Waals surface area contributed by atoms with E-state index < -0.39 is 22.7 Å². The molecule has 0 saturated carbocycles. The van der Waals surface area contributed by atoms with E-state index in [1.54, 1.807) is 19.1 Å². The Morgan fingerprint density at radius 1 is 1.12 bits per heavy atom. The predicted molar refractivity (Wildman–Crippen MR) is 91.4 cm³/mol. The summed E-state index contributed by atoms with van der Waals surface area (Å²) in [6.45, 7) is 1.56. The topological polar surface area (TPSA) is 45.0 Å². The normalized spacial score (nSPS) is 26.0. The molecule has 0 amide bonds. The second-order valence-corrected chi connectivity index (χ2v) is 6.31. The van der Waals surface area contributed by atoms with E-state index in [2.05, 4.69) is 11.4 Å². The summed E-state index contributed by atoms with van der Waals surface area (Å²) in [6.07, 6.45) is 1.17. The molecule has 1 heterocycles. The lowest BCUT2D eigenvalue weighted by atomic mass is 9.72. The zero-order valence-corrected chi connectivity index (χ0v) is 13.8. The number of rotatable bonds is 3. The average molecular weight is 343 g/mol. The van der Waals surface area contributed by atoms with Crippen molar-refractivity contribution in [1.82, 2.24) is 5.32 Å². The first-order chi connectivity index (χ1) is 11.5. The van der Waals surface area contributed by atoms with Crippen LogP contribution < -0.4 is 10.1 Å². The van der Waals surface area contributed by atoms with Crippen molar-refractivity contribution in [3.63, 3.8) is 0 Å². The van der Waals surface area contributed by atoms with Crippen molar-refractivity contribution in [3.05, 3.63) is 72.2 Å². The molecule has 0 spiro atoms. The number of benzene rings is 2. The average Bonchev–Trinajstić information content (AvgIpc) is 2.61. The Kier molecular flexibility index (Phi) is 4.46. The molecule has 3 atom stereocenters. The van der Waals surface area contributed by atoms with Gasteiger partial charge < -0.3 is 10.1 Å². The lowest BCUT2D eigenvalue weighted by Gasteiger charge is -2.37. The molecule has 0 radical (unpaired) electrons. The molecule has 1 N–H and O–H groups in total. The number of hydrogen-bond donors (Lipinski definition) is 1. The Balaban J connectivity index is 1.87. The molecule has 0 saturated heterocycles. The van der Waals surface area contributed by atoms with Gasteiger partial charge in [-0.1, -0.05) is 41.9 Å². The van der Waals surface area contributed by atoms with E-state index in [0.29, 0.717) is 5.75 Å². The minimum atomic E-state index is -1.31. The number of ether oxygens (including phenoxy) is 1. The number of halogens is 2. The van der Waals surface area contributed by atoms with Gasteiger partial charge in [-0.2, -0.15) is 5.26 Å². The van der Waals surface area contributed by atoms with Gasteiger partial charge in [0.1, 0.15) is 28.2 Å².